The van der Waals surface area contributed by atoms with Gasteiger partial charge in [-0.15, -0.1) is 0 Å². The number of β-amino-alcohol motifs (C(OH)–C–C–N with tert-alkyl or cyclic N) is 1. The quantitative estimate of drug-likeness (QED) is 0.672. The van der Waals surface area contributed by atoms with Crippen LogP contribution in [0.1, 0.15) is 37.7 Å². The van der Waals surface area contributed by atoms with E-state index in [-0.39, 0.29) is 24.9 Å². The Kier molecular flexibility index (Phi) is 7.51. The number of carbonyl (C=O) groups excluding carboxylic acids is 1. The van der Waals surface area contributed by atoms with Crippen LogP contribution >= 0.6 is 0 Å². The zero-order chi connectivity index (χ0) is 22.5. The third kappa shape index (κ3) is 5.52. The second kappa shape index (κ2) is 10.5. The molecule has 0 aromatic heterocycles. The lowest BCUT2D eigenvalue weighted by Crippen LogP contribution is -2.57. The van der Waals surface area contributed by atoms with E-state index in [0.29, 0.717) is 29.7 Å². The number of fused-ring (bicyclic) bond motifs is 2. The topological polar surface area (TPSA) is 98.1 Å². The predicted molar refractivity (Wildman–Crippen MR) is 119 cm³/mol. The van der Waals surface area contributed by atoms with Gasteiger partial charge in [-0.05, 0) is 68.2 Å². The molecule has 0 spiro atoms. The summed E-state index contributed by atoms with van der Waals surface area (Å²) in [6.45, 7) is 3.25. The standard InChI is InChI=1S/C24H34N4O4/c1-27(24(30)26-22-4-2-3-11-31-22)23-18-7-8-19(23)14-28(13-18)15-20(29)16-32-21-9-5-17(12-25)6-10-21/h5-6,9-10,18-20,22-23,29H,2-4,7-8,11,13-16H2,1H3,(H,26,30). The van der Waals surface area contributed by atoms with E-state index in [4.69, 9.17) is 14.7 Å². The van der Waals surface area contributed by atoms with Gasteiger partial charge in [-0.3, -0.25) is 4.90 Å². The van der Waals surface area contributed by atoms with Crippen molar-refractivity contribution in [3.8, 4) is 11.8 Å². The zero-order valence-electron chi connectivity index (χ0n) is 18.8. The summed E-state index contributed by atoms with van der Waals surface area (Å²) in [4.78, 5) is 17.0. The van der Waals surface area contributed by atoms with Crippen molar-refractivity contribution >= 4 is 6.03 Å². The Bertz CT molecular complexity index is 791. The maximum Gasteiger partial charge on any atom is 0.319 e. The first kappa shape index (κ1) is 22.8. The maximum absolute atomic E-state index is 12.8. The van der Waals surface area contributed by atoms with Gasteiger partial charge in [0.2, 0.25) is 0 Å². The molecule has 3 aliphatic rings. The van der Waals surface area contributed by atoms with Crippen molar-refractivity contribution in [2.75, 3.05) is 39.9 Å². The first-order chi connectivity index (χ1) is 15.5. The Balaban J connectivity index is 1.24. The number of hydrogen-bond acceptors (Lipinski definition) is 6. The van der Waals surface area contributed by atoms with Crippen LogP contribution in [0, 0.1) is 23.2 Å². The number of nitrogens with one attached hydrogen (secondary N) is 1. The second-order valence-electron chi connectivity index (χ2n) is 9.32. The summed E-state index contributed by atoms with van der Waals surface area (Å²) in [6.07, 6.45) is 4.51. The summed E-state index contributed by atoms with van der Waals surface area (Å²) in [5.41, 5.74) is 0.584. The minimum atomic E-state index is -0.592. The van der Waals surface area contributed by atoms with Gasteiger partial charge in [-0.1, -0.05) is 0 Å². The summed E-state index contributed by atoms with van der Waals surface area (Å²) in [5, 5.41) is 22.4. The highest BCUT2D eigenvalue weighted by molar-refractivity contribution is 5.74. The highest BCUT2D eigenvalue weighted by Gasteiger charge is 2.45. The first-order valence-corrected chi connectivity index (χ1v) is 11.7. The number of ether oxygens (including phenoxy) is 2. The highest BCUT2D eigenvalue weighted by atomic mass is 16.5. The number of aliphatic hydroxyl groups is 1. The first-order valence-electron chi connectivity index (χ1n) is 11.7. The molecule has 2 amide bonds. The molecule has 1 saturated carbocycles. The van der Waals surface area contributed by atoms with E-state index in [1.807, 2.05) is 11.9 Å². The lowest BCUT2D eigenvalue weighted by Gasteiger charge is -2.43. The fourth-order valence-electron chi connectivity index (χ4n) is 5.47. The number of aliphatic hydroxyl groups excluding tert-OH is 1. The number of likely N-dealkylation sites (tertiary alicyclic amines) is 1. The van der Waals surface area contributed by atoms with Crippen LogP contribution in [0.3, 0.4) is 0 Å². The van der Waals surface area contributed by atoms with Crippen molar-refractivity contribution in [2.45, 2.75) is 50.5 Å². The van der Waals surface area contributed by atoms with Gasteiger partial charge in [0.25, 0.3) is 0 Å². The molecule has 4 unspecified atom stereocenters. The van der Waals surface area contributed by atoms with Crippen LogP contribution in [0.15, 0.2) is 24.3 Å². The summed E-state index contributed by atoms with van der Waals surface area (Å²) >= 11 is 0. The molecule has 4 rings (SSSR count). The van der Waals surface area contributed by atoms with E-state index < -0.39 is 6.10 Å². The summed E-state index contributed by atoms with van der Waals surface area (Å²) in [5.74, 6) is 1.49. The van der Waals surface area contributed by atoms with Crippen LogP contribution in [0.5, 0.6) is 5.75 Å². The van der Waals surface area contributed by atoms with Crippen LogP contribution in [-0.2, 0) is 4.74 Å². The molecule has 8 nitrogen and oxygen atoms in total. The van der Waals surface area contributed by atoms with Crippen LogP contribution in [-0.4, -0.2) is 79.2 Å². The number of hydrogen-bond donors (Lipinski definition) is 2. The molecule has 2 saturated heterocycles. The van der Waals surface area contributed by atoms with Crippen molar-refractivity contribution in [3.63, 3.8) is 0 Å². The molecular formula is C24H34N4O4. The largest absolute Gasteiger partial charge is 0.491 e. The molecule has 1 aliphatic carbocycles. The third-order valence-electron chi connectivity index (χ3n) is 6.99. The van der Waals surface area contributed by atoms with Crippen LogP contribution in [0.4, 0.5) is 4.79 Å². The van der Waals surface area contributed by atoms with Gasteiger partial charge in [0.05, 0.1) is 11.6 Å². The molecule has 2 N–H and O–H groups in total. The minimum Gasteiger partial charge on any atom is -0.491 e. The number of urea groups is 1. The molecule has 2 bridgehead atoms. The van der Waals surface area contributed by atoms with Crippen LogP contribution in [0.25, 0.3) is 0 Å². The number of carbonyl (C=O) groups is 1. The van der Waals surface area contributed by atoms with Crippen molar-refractivity contribution in [1.29, 1.82) is 5.26 Å². The Labute approximate surface area is 190 Å². The second-order valence-corrected chi connectivity index (χ2v) is 9.32. The molecule has 1 aromatic carbocycles. The molecule has 0 radical (unpaired) electrons. The number of nitrogens with zero attached hydrogens (tertiary/aromatic N) is 3. The molecule has 32 heavy (non-hydrogen) atoms. The predicted octanol–water partition coefficient (Wildman–Crippen LogP) is 2.18. The Hall–Kier alpha value is -2.34. The molecular weight excluding hydrogens is 408 g/mol. The van der Waals surface area contributed by atoms with Crippen LogP contribution in [0.2, 0.25) is 0 Å². The Morgan fingerprint density at radius 2 is 2.00 bits per heavy atom. The van der Waals surface area contributed by atoms with Crippen LogP contribution < -0.4 is 10.1 Å². The average Bonchev–Trinajstić information content (AvgIpc) is 3.08. The van der Waals surface area contributed by atoms with E-state index >= 15 is 0 Å². The van der Waals surface area contributed by atoms with Crippen molar-refractivity contribution in [3.05, 3.63) is 29.8 Å². The average molecular weight is 443 g/mol. The minimum absolute atomic E-state index is 0.0388. The number of rotatable bonds is 7. The van der Waals surface area contributed by atoms with Gasteiger partial charge in [-0.2, -0.15) is 5.26 Å². The molecule has 2 heterocycles. The molecule has 3 fully saturated rings. The molecule has 174 valence electrons. The SMILES string of the molecule is CN(C(=O)NC1CCCCO1)C1C2CCC1CN(CC(O)COc1ccc(C#N)cc1)C2. The molecule has 2 aliphatic heterocycles. The number of benzene rings is 1. The fourth-order valence-corrected chi connectivity index (χ4v) is 5.47. The monoisotopic (exact) mass is 442 g/mol. The lowest BCUT2D eigenvalue weighted by atomic mass is 9.91. The van der Waals surface area contributed by atoms with Gasteiger partial charge in [0, 0.05) is 39.3 Å². The van der Waals surface area contributed by atoms with Gasteiger partial charge in [-0.25, -0.2) is 4.79 Å². The summed E-state index contributed by atoms with van der Waals surface area (Å²) < 4.78 is 11.3. The summed E-state index contributed by atoms with van der Waals surface area (Å²) in [7, 11) is 1.91. The van der Waals surface area contributed by atoms with E-state index in [0.717, 1.165) is 51.8 Å². The van der Waals surface area contributed by atoms with Crippen molar-refractivity contribution < 1.29 is 19.4 Å². The third-order valence-corrected chi connectivity index (χ3v) is 6.99. The normalized spacial score (nSPS) is 28.5. The van der Waals surface area contributed by atoms with Crippen molar-refractivity contribution in [2.24, 2.45) is 11.8 Å². The lowest BCUT2D eigenvalue weighted by molar-refractivity contribution is -0.00584. The maximum atomic E-state index is 12.8. The Morgan fingerprint density at radius 3 is 2.62 bits per heavy atom. The smallest absolute Gasteiger partial charge is 0.319 e. The number of nitriles is 1. The summed E-state index contributed by atoms with van der Waals surface area (Å²) in [6, 6.07) is 9.18. The molecule has 8 heteroatoms. The number of piperidine rings is 1. The highest BCUT2D eigenvalue weighted by Crippen LogP contribution is 2.39. The van der Waals surface area contributed by atoms with E-state index in [2.05, 4.69) is 16.3 Å². The zero-order valence-corrected chi connectivity index (χ0v) is 18.8. The van der Waals surface area contributed by atoms with Gasteiger partial charge in [0.15, 0.2) is 0 Å². The van der Waals surface area contributed by atoms with E-state index in [1.54, 1.807) is 24.3 Å². The van der Waals surface area contributed by atoms with E-state index in [9.17, 15) is 9.90 Å². The van der Waals surface area contributed by atoms with E-state index in [1.165, 1.54) is 0 Å². The van der Waals surface area contributed by atoms with Gasteiger partial charge < -0.3 is 24.8 Å². The number of amides is 2. The Morgan fingerprint density at radius 1 is 1.28 bits per heavy atom. The fraction of sp³-hybridized carbons (Fsp3) is 0.667. The van der Waals surface area contributed by atoms with Crippen molar-refractivity contribution in [1.82, 2.24) is 15.1 Å². The molecule has 1 aromatic rings. The molecule has 4 atom stereocenters. The van der Waals surface area contributed by atoms with Gasteiger partial charge in [0.1, 0.15) is 24.7 Å². The van der Waals surface area contributed by atoms with Gasteiger partial charge >= 0.3 is 6.03 Å².